The summed E-state index contributed by atoms with van der Waals surface area (Å²) in [5, 5.41) is 3.88. The Labute approximate surface area is 166 Å². The molecule has 0 bridgehead atoms. The highest BCUT2D eigenvalue weighted by Gasteiger charge is 2.22. The van der Waals surface area contributed by atoms with Crippen LogP contribution in [0.2, 0.25) is 0 Å². The number of benzene rings is 1. The number of aromatic nitrogens is 2. The van der Waals surface area contributed by atoms with Crippen molar-refractivity contribution in [2.24, 2.45) is 0 Å². The van der Waals surface area contributed by atoms with Gasteiger partial charge in [-0.2, -0.15) is 4.98 Å². The van der Waals surface area contributed by atoms with Gasteiger partial charge in [0, 0.05) is 17.0 Å². The van der Waals surface area contributed by atoms with Gasteiger partial charge in [-0.25, -0.2) is 13.2 Å². The van der Waals surface area contributed by atoms with Crippen molar-refractivity contribution in [3.05, 3.63) is 46.7 Å². The number of nitrogens with one attached hydrogen (secondary N) is 1. The molecule has 1 N–H and O–H groups in total. The van der Waals surface area contributed by atoms with E-state index in [-0.39, 0.29) is 11.5 Å². The number of sulfonamides is 1. The number of nitrogens with zero attached hydrogens (tertiary/aromatic N) is 2. The highest BCUT2D eigenvalue weighted by molar-refractivity contribution is 7.93. The van der Waals surface area contributed by atoms with E-state index >= 15 is 0 Å². The molecule has 0 fully saturated rings. The Bertz CT molecular complexity index is 1080. The zero-order chi connectivity index (χ0) is 20.3. The first-order chi connectivity index (χ1) is 13.3. The number of hydrogen-bond donors (Lipinski definition) is 1. The predicted molar refractivity (Wildman–Crippen MR) is 105 cm³/mol. The minimum Gasteiger partial charge on any atom is -0.462 e. The fourth-order valence-corrected chi connectivity index (χ4v) is 5.02. The first-order valence-corrected chi connectivity index (χ1v) is 10.9. The van der Waals surface area contributed by atoms with Crippen LogP contribution in [0.5, 0.6) is 0 Å². The maximum Gasteiger partial charge on any atom is 0.338 e. The number of carbonyl (C=O) groups is 1. The van der Waals surface area contributed by atoms with Crippen LogP contribution in [-0.2, 0) is 21.2 Å². The van der Waals surface area contributed by atoms with E-state index in [0.29, 0.717) is 39.1 Å². The molecule has 148 valence electrons. The van der Waals surface area contributed by atoms with Crippen molar-refractivity contribution in [1.82, 2.24) is 10.1 Å². The SMILES string of the molecule is CCOC(=O)c1ccc(NS(=O)(=O)c2cc(-c3noc(CC)n3)sc2C)cc1. The minimum atomic E-state index is -3.82. The van der Waals surface area contributed by atoms with Crippen LogP contribution >= 0.6 is 11.3 Å². The Morgan fingerprint density at radius 3 is 2.57 bits per heavy atom. The fraction of sp³-hybridized carbons (Fsp3) is 0.278. The van der Waals surface area contributed by atoms with Crippen LogP contribution in [0.25, 0.3) is 10.7 Å². The lowest BCUT2D eigenvalue weighted by Crippen LogP contribution is -2.13. The van der Waals surface area contributed by atoms with E-state index in [1.807, 2.05) is 6.92 Å². The molecule has 28 heavy (non-hydrogen) atoms. The molecule has 0 saturated heterocycles. The van der Waals surface area contributed by atoms with E-state index in [4.69, 9.17) is 9.26 Å². The Morgan fingerprint density at radius 1 is 1.25 bits per heavy atom. The van der Waals surface area contributed by atoms with Gasteiger partial charge in [-0.15, -0.1) is 11.3 Å². The first-order valence-electron chi connectivity index (χ1n) is 8.57. The molecule has 0 aliphatic carbocycles. The number of ether oxygens (including phenoxy) is 1. The molecule has 0 aliphatic heterocycles. The molecule has 0 saturated carbocycles. The normalized spacial score (nSPS) is 11.4. The fourth-order valence-electron chi connectivity index (χ4n) is 2.44. The third kappa shape index (κ3) is 4.23. The number of hydrogen-bond acceptors (Lipinski definition) is 8. The van der Waals surface area contributed by atoms with Crippen molar-refractivity contribution in [1.29, 1.82) is 0 Å². The van der Waals surface area contributed by atoms with Gasteiger partial charge in [-0.1, -0.05) is 12.1 Å². The summed E-state index contributed by atoms with van der Waals surface area (Å²) in [7, 11) is -3.82. The van der Waals surface area contributed by atoms with Crippen molar-refractivity contribution < 1.29 is 22.5 Å². The molecule has 0 radical (unpaired) electrons. The van der Waals surface area contributed by atoms with E-state index < -0.39 is 16.0 Å². The highest BCUT2D eigenvalue weighted by Crippen LogP contribution is 2.33. The molecule has 0 aliphatic rings. The summed E-state index contributed by atoms with van der Waals surface area (Å²) in [6.45, 7) is 5.60. The number of esters is 1. The standard InChI is InChI=1S/C18H19N3O5S2/c1-4-16-19-17(20-26-16)14-10-15(11(3)27-14)28(23,24)21-13-8-6-12(7-9-13)18(22)25-5-2/h6-10,21H,4-5H2,1-3H3. The first kappa shape index (κ1) is 20.0. The zero-order valence-corrected chi connectivity index (χ0v) is 17.2. The van der Waals surface area contributed by atoms with Crippen molar-refractivity contribution in [2.75, 3.05) is 11.3 Å². The summed E-state index contributed by atoms with van der Waals surface area (Å²) < 4.78 is 38.1. The van der Waals surface area contributed by atoms with E-state index in [2.05, 4.69) is 14.9 Å². The van der Waals surface area contributed by atoms with Crippen molar-refractivity contribution in [3.8, 4) is 10.7 Å². The van der Waals surface area contributed by atoms with Gasteiger partial charge in [0.05, 0.1) is 17.0 Å². The van der Waals surface area contributed by atoms with Gasteiger partial charge < -0.3 is 9.26 Å². The van der Waals surface area contributed by atoms with E-state index in [0.717, 1.165) is 0 Å². The molecule has 3 aromatic rings. The molecule has 10 heteroatoms. The monoisotopic (exact) mass is 421 g/mol. The van der Waals surface area contributed by atoms with Gasteiger partial charge in [0.2, 0.25) is 11.7 Å². The Kier molecular flexibility index (Phi) is 5.80. The Hall–Kier alpha value is -2.72. The Morgan fingerprint density at radius 2 is 1.96 bits per heavy atom. The smallest absolute Gasteiger partial charge is 0.338 e. The second-order valence-electron chi connectivity index (χ2n) is 5.80. The molecular weight excluding hydrogens is 402 g/mol. The lowest BCUT2D eigenvalue weighted by molar-refractivity contribution is 0.0526. The molecule has 0 unspecified atom stereocenters. The van der Waals surface area contributed by atoms with Crippen LogP contribution in [0, 0.1) is 6.92 Å². The maximum atomic E-state index is 12.8. The lowest BCUT2D eigenvalue weighted by atomic mass is 10.2. The molecular formula is C18H19N3O5S2. The third-order valence-electron chi connectivity index (χ3n) is 3.80. The van der Waals surface area contributed by atoms with Crippen molar-refractivity contribution in [3.63, 3.8) is 0 Å². The number of thiophene rings is 1. The van der Waals surface area contributed by atoms with E-state index in [1.54, 1.807) is 13.8 Å². The molecule has 0 atom stereocenters. The summed E-state index contributed by atoms with van der Waals surface area (Å²) in [4.78, 5) is 17.3. The minimum absolute atomic E-state index is 0.143. The molecule has 0 amide bonds. The second-order valence-corrected chi connectivity index (χ2v) is 8.71. The van der Waals surface area contributed by atoms with Gasteiger partial charge in [0.1, 0.15) is 4.90 Å². The third-order valence-corrected chi connectivity index (χ3v) is 6.48. The summed E-state index contributed by atoms with van der Waals surface area (Å²) in [5.74, 6) is 0.400. The van der Waals surface area contributed by atoms with Crippen molar-refractivity contribution in [2.45, 2.75) is 32.1 Å². The second kappa shape index (κ2) is 8.11. The average molecular weight is 422 g/mol. The van der Waals surface area contributed by atoms with Crippen LogP contribution < -0.4 is 4.72 Å². The van der Waals surface area contributed by atoms with Gasteiger partial charge in [-0.05, 0) is 44.2 Å². The quantitative estimate of drug-likeness (QED) is 0.580. The molecule has 8 nitrogen and oxygen atoms in total. The molecule has 3 rings (SSSR count). The van der Waals surface area contributed by atoms with E-state index in [9.17, 15) is 13.2 Å². The highest BCUT2D eigenvalue weighted by atomic mass is 32.2. The van der Waals surface area contributed by atoms with Crippen LogP contribution in [0.1, 0.15) is 35.0 Å². The van der Waals surface area contributed by atoms with Crippen LogP contribution in [0.15, 0.2) is 39.8 Å². The van der Waals surface area contributed by atoms with Crippen LogP contribution in [-0.4, -0.2) is 31.1 Å². The summed E-state index contributed by atoms with van der Waals surface area (Å²) >= 11 is 1.28. The number of rotatable bonds is 7. The molecule has 2 aromatic heterocycles. The Balaban J connectivity index is 1.82. The van der Waals surface area contributed by atoms with Crippen molar-refractivity contribution >= 4 is 33.0 Å². The number of carbonyl (C=O) groups excluding carboxylic acids is 1. The topological polar surface area (TPSA) is 111 Å². The van der Waals surface area contributed by atoms with Crippen LogP contribution in [0.3, 0.4) is 0 Å². The van der Waals surface area contributed by atoms with Gasteiger partial charge in [-0.3, -0.25) is 4.72 Å². The summed E-state index contributed by atoms with van der Waals surface area (Å²) in [6.07, 6.45) is 0.603. The van der Waals surface area contributed by atoms with E-state index in [1.165, 1.54) is 41.7 Å². The zero-order valence-electron chi connectivity index (χ0n) is 15.6. The van der Waals surface area contributed by atoms with Crippen LogP contribution in [0.4, 0.5) is 5.69 Å². The summed E-state index contributed by atoms with van der Waals surface area (Å²) in [5.41, 5.74) is 0.690. The molecule has 0 spiro atoms. The molecule has 1 aromatic carbocycles. The average Bonchev–Trinajstić information content (AvgIpc) is 3.29. The largest absolute Gasteiger partial charge is 0.462 e. The van der Waals surface area contributed by atoms with Gasteiger partial charge in [0.15, 0.2) is 0 Å². The number of aryl methyl sites for hydroxylation is 2. The maximum absolute atomic E-state index is 12.8. The number of anilines is 1. The summed E-state index contributed by atoms with van der Waals surface area (Å²) in [6, 6.07) is 7.57. The van der Waals surface area contributed by atoms with Gasteiger partial charge in [0.25, 0.3) is 10.0 Å². The predicted octanol–water partition coefficient (Wildman–Crippen LogP) is 3.65. The molecule has 2 heterocycles. The van der Waals surface area contributed by atoms with Gasteiger partial charge >= 0.3 is 5.97 Å². The lowest BCUT2D eigenvalue weighted by Gasteiger charge is -2.08.